The summed E-state index contributed by atoms with van der Waals surface area (Å²) >= 11 is 1.15. The number of rotatable bonds is 6. The summed E-state index contributed by atoms with van der Waals surface area (Å²) in [5, 5.41) is 5.86. The van der Waals surface area contributed by atoms with Crippen molar-refractivity contribution in [1.29, 1.82) is 0 Å². The first kappa shape index (κ1) is 23.1. The van der Waals surface area contributed by atoms with Crippen LogP contribution in [0.4, 0.5) is 11.4 Å². The first-order valence-corrected chi connectivity index (χ1v) is 11.3. The number of amides is 2. The Labute approximate surface area is 199 Å². The minimum Gasteiger partial charge on any atom is -0.326 e. The molecule has 172 valence electrons. The summed E-state index contributed by atoms with van der Waals surface area (Å²) < 4.78 is 1.25. The molecule has 0 spiro atoms. The predicted octanol–water partition coefficient (Wildman–Crippen LogP) is 4.17. The summed E-state index contributed by atoms with van der Waals surface area (Å²) in [6, 6.07) is 13.9. The lowest BCUT2D eigenvalue weighted by atomic mass is 10.1. The predicted molar refractivity (Wildman–Crippen MR) is 133 cm³/mol. The Morgan fingerprint density at radius 3 is 2.38 bits per heavy atom. The minimum absolute atomic E-state index is 0.193. The van der Waals surface area contributed by atoms with Crippen LogP contribution in [-0.4, -0.2) is 27.1 Å². The monoisotopic (exact) mass is 474 g/mol. The van der Waals surface area contributed by atoms with Gasteiger partial charge in [0.2, 0.25) is 5.91 Å². The van der Waals surface area contributed by atoms with Gasteiger partial charge in [0.25, 0.3) is 11.5 Å². The van der Waals surface area contributed by atoms with Gasteiger partial charge < -0.3 is 10.6 Å². The van der Waals surface area contributed by atoms with E-state index in [1.54, 1.807) is 31.2 Å². The van der Waals surface area contributed by atoms with Crippen LogP contribution in [-0.2, 0) is 11.3 Å². The van der Waals surface area contributed by atoms with Crippen LogP contribution in [0.25, 0.3) is 10.2 Å². The second-order valence-electron chi connectivity index (χ2n) is 7.86. The number of Topliss-reactive ketones (excluding diaryl/α,β-unsaturated/α-hetero) is 1. The average molecular weight is 475 g/mol. The van der Waals surface area contributed by atoms with E-state index in [1.165, 1.54) is 17.8 Å². The normalized spacial score (nSPS) is 10.8. The molecular formula is C25H22N4O4S. The number of hydrogen-bond donors (Lipinski definition) is 2. The van der Waals surface area contributed by atoms with E-state index in [1.807, 2.05) is 31.2 Å². The minimum atomic E-state index is -0.378. The molecule has 0 aliphatic carbocycles. The Bertz CT molecular complexity index is 1490. The van der Waals surface area contributed by atoms with Crippen LogP contribution in [0.5, 0.6) is 0 Å². The lowest BCUT2D eigenvalue weighted by Crippen LogP contribution is -2.24. The second kappa shape index (κ2) is 9.40. The second-order valence-corrected chi connectivity index (χ2v) is 8.86. The Morgan fingerprint density at radius 1 is 1.00 bits per heavy atom. The van der Waals surface area contributed by atoms with Crippen molar-refractivity contribution in [3.63, 3.8) is 0 Å². The smallest absolute Gasteiger partial charge is 0.266 e. The first-order valence-electron chi connectivity index (χ1n) is 10.5. The maximum atomic E-state index is 13.1. The van der Waals surface area contributed by atoms with Gasteiger partial charge in [0.1, 0.15) is 4.83 Å². The number of carbonyl (C=O) groups excluding carboxylic acids is 3. The third kappa shape index (κ3) is 4.65. The molecule has 0 unspecified atom stereocenters. The van der Waals surface area contributed by atoms with Crippen LogP contribution in [0.15, 0.2) is 59.7 Å². The van der Waals surface area contributed by atoms with Gasteiger partial charge in [-0.05, 0) is 55.3 Å². The third-order valence-electron chi connectivity index (χ3n) is 5.36. The molecule has 0 atom stereocenters. The van der Waals surface area contributed by atoms with Gasteiger partial charge in [-0.1, -0.05) is 18.2 Å². The standard InChI is InChI=1S/C25H22N4O4S/c1-14-6-4-5-7-19(14)28-23(32)22-15(2)21-24(34-22)26-13-29(25(21)33)12-20(31)17-8-10-18(11-9-17)27-16(3)30/h4-11,13H,12H2,1-3H3,(H,27,30)(H,28,32). The molecule has 2 N–H and O–H groups in total. The SMILES string of the molecule is CC(=O)Nc1ccc(C(=O)Cn2cnc3sc(C(=O)Nc4ccccc4C)c(C)c3c2=O)cc1. The number of anilines is 2. The number of aryl methyl sites for hydroxylation is 2. The summed E-state index contributed by atoms with van der Waals surface area (Å²) in [5.74, 6) is -0.790. The van der Waals surface area contributed by atoms with Crippen LogP contribution in [0.3, 0.4) is 0 Å². The number of hydrogen-bond acceptors (Lipinski definition) is 6. The highest BCUT2D eigenvalue weighted by Crippen LogP contribution is 2.28. The van der Waals surface area contributed by atoms with Crippen LogP contribution in [0, 0.1) is 13.8 Å². The molecule has 0 aliphatic heterocycles. The van der Waals surface area contributed by atoms with E-state index < -0.39 is 0 Å². The number of aromatic nitrogens is 2. The molecule has 0 saturated heterocycles. The number of carbonyl (C=O) groups is 3. The number of fused-ring (bicyclic) bond motifs is 1. The van der Waals surface area contributed by atoms with Gasteiger partial charge in [0, 0.05) is 23.9 Å². The lowest BCUT2D eigenvalue weighted by Gasteiger charge is -2.07. The van der Waals surface area contributed by atoms with Crippen LogP contribution < -0.4 is 16.2 Å². The molecule has 9 heteroatoms. The van der Waals surface area contributed by atoms with Crippen molar-refractivity contribution in [1.82, 2.24) is 9.55 Å². The van der Waals surface area contributed by atoms with Crippen molar-refractivity contribution < 1.29 is 14.4 Å². The fourth-order valence-electron chi connectivity index (χ4n) is 3.57. The molecule has 2 aromatic carbocycles. The number of benzene rings is 2. The fraction of sp³-hybridized carbons (Fsp3) is 0.160. The maximum Gasteiger partial charge on any atom is 0.266 e. The molecule has 2 aromatic heterocycles. The molecular weight excluding hydrogens is 452 g/mol. The molecule has 2 amide bonds. The number of nitrogens with zero attached hydrogens (tertiary/aromatic N) is 2. The van der Waals surface area contributed by atoms with Crippen molar-refractivity contribution in [3.8, 4) is 0 Å². The van der Waals surface area contributed by atoms with E-state index in [-0.39, 0.29) is 29.7 Å². The van der Waals surface area contributed by atoms with Crippen molar-refractivity contribution in [2.24, 2.45) is 0 Å². The lowest BCUT2D eigenvalue weighted by molar-refractivity contribution is -0.114. The van der Waals surface area contributed by atoms with Crippen molar-refractivity contribution in [2.75, 3.05) is 10.6 Å². The quantitative estimate of drug-likeness (QED) is 0.408. The molecule has 4 aromatic rings. The first-order chi connectivity index (χ1) is 16.2. The van der Waals surface area contributed by atoms with Crippen molar-refractivity contribution >= 4 is 50.5 Å². The summed E-state index contributed by atoms with van der Waals surface area (Å²) in [6.07, 6.45) is 1.33. The van der Waals surface area contributed by atoms with Gasteiger partial charge in [0.15, 0.2) is 5.78 Å². The Kier molecular flexibility index (Phi) is 6.38. The zero-order valence-electron chi connectivity index (χ0n) is 18.8. The molecule has 0 radical (unpaired) electrons. The average Bonchev–Trinajstić information content (AvgIpc) is 3.14. The molecule has 4 rings (SSSR count). The van der Waals surface area contributed by atoms with E-state index in [0.717, 1.165) is 16.9 Å². The highest BCUT2D eigenvalue weighted by molar-refractivity contribution is 7.20. The van der Waals surface area contributed by atoms with E-state index in [9.17, 15) is 19.2 Å². The Hall–Kier alpha value is -4.11. The third-order valence-corrected chi connectivity index (χ3v) is 6.56. The van der Waals surface area contributed by atoms with Crippen LogP contribution in [0.2, 0.25) is 0 Å². The summed E-state index contributed by atoms with van der Waals surface area (Å²) in [6.45, 7) is 4.82. The number of nitrogens with one attached hydrogen (secondary N) is 2. The van der Waals surface area contributed by atoms with E-state index in [4.69, 9.17) is 0 Å². The molecule has 0 fully saturated rings. The van der Waals surface area contributed by atoms with E-state index >= 15 is 0 Å². The van der Waals surface area contributed by atoms with Crippen LogP contribution in [0.1, 0.15) is 38.1 Å². The van der Waals surface area contributed by atoms with Gasteiger partial charge in [0.05, 0.1) is 23.1 Å². The van der Waals surface area contributed by atoms with Gasteiger partial charge in [-0.25, -0.2) is 4.98 Å². The maximum absolute atomic E-state index is 13.1. The number of thiophene rings is 1. The van der Waals surface area contributed by atoms with Crippen molar-refractivity contribution in [3.05, 3.63) is 86.8 Å². The Morgan fingerprint density at radius 2 is 1.71 bits per heavy atom. The highest BCUT2D eigenvalue weighted by Gasteiger charge is 2.20. The molecule has 34 heavy (non-hydrogen) atoms. The summed E-state index contributed by atoms with van der Waals surface area (Å²) in [7, 11) is 0. The van der Waals surface area contributed by atoms with Gasteiger partial charge in [-0.2, -0.15) is 0 Å². The topological polar surface area (TPSA) is 110 Å². The zero-order chi connectivity index (χ0) is 24.4. The van der Waals surface area contributed by atoms with Gasteiger partial charge in [-0.3, -0.25) is 23.7 Å². The molecule has 0 aliphatic rings. The fourth-order valence-corrected chi connectivity index (χ4v) is 4.60. The van der Waals surface area contributed by atoms with Crippen molar-refractivity contribution in [2.45, 2.75) is 27.3 Å². The van der Waals surface area contributed by atoms with E-state index in [2.05, 4.69) is 15.6 Å². The largest absolute Gasteiger partial charge is 0.326 e. The van der Waals surface area contributed by atoms with E-state index in [0.29, 0.717) is 37.6 Å². The molecule has 2 heterocycles. The number of ketones is 1. The van der Waals surface area contributed by atoms with Gasteiger partial charge >= 0.3 is 0 Å². The summed E-state index contributed by atoms with van der Waals surface area (Å²) in [5.41, 5.74) is 2.77. The zero-order valence-corrected chi connectivity index (χ0v) is 19.7. The van der Waals surface area contributed by atoms with Crippen LogP contribution >= 0.6 is 11.3 Å². The molecule has 0 bridgehead atoms. The summed E-state index contributed by atoms with van der Waals surface area (Å²) in [4.78, 5) is 55.1. The molecule has 0 saturated carbocycles. The number of para-hydroxylation sites is 1. The highest BCUT2D eigenvalue weighted by atomic mass is 32.1. The van der Waals surface area contributed by atoms with Gasteiger partial charge in [-0.15, -0.1) is 11.3 Å². The molecule has 8 nitrogen and oxygen atoms in total. The Balaban J connectivity index is 1.59.